The lowest BCUT2D eigenvalue weighted by molar-refractivity contribution is 0.0696. The fourth-order valence-corrected chi connectivity index (χ4v) is 3.86. The summed E-state index contributed by atoms with van der Waals surface area (Å²) >= 11 is 0. The number of carbonyl (C=O) groups excluding carboxylic acids is 1. The van der Waals surface area contributed by atoms with Gasteiger partial charge in [0.15, 0.2) is 0 Å². The topological polar surface area (TPSA) is 128 Å². The Labute approximate surface area is 208 Å². The number of carbonyl (C=O) groups is 2. The molecule has 2 heterocycles. The molecule has 0 spiro atoms. The molecular weight excluding hydrogens is 444 g/mol. The number of likely N-dealkylation sites (tertiary alicyclic amines) is 1. The maximum absolute atomic E-state index is 12.2. The lowest BCUT2D eigenvalue weighted by atomic mass is 10.2. The lowest BCUT2D eigenvalue weighted by Crippen LogP contribution is -2.34. The van der Waals surface area contributed by atoms with Crippen LogP contribution in [0.2, 0.25) is 0 Å². The number of amides is 1. The van der Waals surface area contributed by atoms with Gasteiger partial charge in [-0.3, -0.25) is 4.79 Å². The number of benzene rings is 2. The highest BCUT2D eigenvalue weighted by Crippen LogP contribution is 2.17. The van der Waals surface area contributed by atoms with E-state index in [1.807, 2.05) is 4.90 Å². The summed E-state index contributed by atoms with van der Waals surface area (Å²) in [7, 11) is 8.39. The summed E-state index contributed by atoms with van der Waals surface area (Å²) < 4.78 is 0. The molecule has 2 fully saturated rings. The number of nitrogens with one attached hydrogen (secondary N) is 1. The normalized spacial score (nSPS) is 19.1. The molecule has 9 nitrogen and oxygen atoms in total. The Morgan fingerprint density at radius 3 is 1.74 bits per heavy atom. The summed E-state index contributed by atoms with van der Waals surface area (Å²) in [6.07, 6.45) is 2.36. The molecule has 2 aliphatic rings. The molecular formula is C26H40N6O3. The number of hydrogen-bond donors (Lipinski definition) is 4. The van der Waals surface area contributed by atoms with Crippen molar-refractivity contribution in [1.29, 1.82) is 0 Å². The van der Waals surface area contributed by atoms with Crippen LogP contribution in [0.15, 0.2) is 48.5 Å². The van der Waals surface area contributed by atoms with Gasteiger partial charge in [-0.15, -0.1) is 0 Å². The predicted molar refractivity (Wildman–Crippen MR) is 142 cm³/mol. The predicted octanol–water partition coefficient (Wildman–Crippen LogP) is 1.92. The highest BCUT2D eigenvalue weighted by molar-refractivity contribution is 5.94. The molecule has 0 bridgehead atoms. The van der Waals surface area contributed by atoms with Gasteiger partial charge in [0.25, 0.3) is 5.91 Å². The second-order valence-electron chi connectivity index (χ2n) is 9.32. The number of rotatable bonds is 4. The highest BCUT2D eigenvalue weighted by atomic mass is 16.4. The number of nitrogens with zero attached hydrogens (tertiary/aromatic N) is 3. The van der Waals surface area contributed by atoms with E-state index < -0.39 is 5.97 Å². The van der Waals surface area contributed by atoms with Gasteiger partial charge in [-0.1, -0.05) is 0 Å². The molecule has 1 amide bonds. The second-order valence-corrected chi connectivity index (χ2v) is 9.32. The van der Waals surface area contributed by atoms with Gasteiger partial charge in [-0.25, -0.2) is 4.79 Å². The molecule has 2 saturated heterocycles. The zero-order chi connectivity index (χ0) is 26.0. The van der Waals surface area contributed by atoms with Crippen LogP contribution in [-0.2, 0) is 0 Å². The lowest BCUT2D eigenvalue weighted by Gasteiger charge is -2.20. The van der Waals surface area contributed by atoms with Crippen LogP contribution in [0.1, 0.15) is 33.6 Å². The average molecular weight is 485 g/mol. The molecule has 6 N–H and O–H groups in total. The molecule has 2 aromatic carbocycles. The maximum Gasteiger partial charge on any atom is 0.335 e. The molecule has 2 unspecified atom stereocenters. The van der Waals surface area contributed by atoms with Gasteiger partial charge in [0, 0.05) is 48.7 Å². The number of likely N-dealkylation sites (N-methyl/N-ethyl adjacent to an activating group) is 2. The Kier molecular flexibility index (Phi) is 11.0. The van der Waals surface area contributed by atoms with E-state index in [0.29, 0.717) is 17.4 Å². The van der Waals surface area contributed by atoms with Crippen molar-refractivity contribution in [2.24, 2.45) is 0 Å². The molecule has 9 heteroatoms. The van der Waals surface area contributed by atoms with E-state index in [1.54, 1.807) is 36.4 Å². The Balaban J connectivity index is 0.000000204. The number of aromatic carboxylic acids is 1. The van der Waals surface area contributed by atoms with Gasteiger partial charge in [0.1, 0.15) is 0 Å². The second kappa shape index (κ2) is 13.7. The average Bonchev–Trinajstić information content (AvgIpc) is 3.53. The molecule has 2 atom stereocenters. The van der Waals surface area contributed by atoms with Gasteiger partial charge < -0.3 is 36.6 Å². The third-order valence-electron chi connectivity index (χ3n) is 6.26. The van der Waals surface area contributed by atoms with E-state index in [1.165, 1.54) is 31.6 Å². The van der Waals surface area contributed by atoms with E-state index in [2.05, 4.69) is 43.3 Å². The van der Waals surface area contributed by atoms with Crippen LogP contribution in [0.25, 0.3) is 0 Å². The van der Waals surface area contributed by atoms with E-state index in [-0.39, 0.29) is 11.5 Å². The van der Waals surface area contributed by atoms with Crippen molar-refractivity contribution in [3.05, 3.63) is 59.7 Å². The summed E-state index contributed by atoms with van der Waals surface area (Å²) in [6, 6.07) is 14.4. The summed E-state index contributed by atoms with van der Waals surface area (Å²) in [5.41, 5.74) is 13.2. The van der Waals surface area contributed by atoms with Gasteiger partial charge in [-0.2, -0.15) is 0 Å². The van der Waals surface area contributed by atoms with Crippen molar-refractivity contribution in [3.63, 3.8) is 0 Å². The fraction of sp³-hybridized carbons (Fsp3) is 0.462. The number of nitrogen functional groups attached to an aromatic ring is 2. The number of nitrogens with two attached hydrogens (primary N) is 2. The minimum Gasteiger partial charge on any atom is -0.478 e. The minimum absolute atomic E-state index is 0.106. The molecule has 0 aliphatic carbocycles. The Bertz CT molecular complexity index is 925. The summed E-state index contributed by atoms with van der Waals surface area (Å²) in [6.45, 7) is 4.03. The van der Waals surface area contributed by atoms with E-state index >= 15 is 0 Å². The van der Waals surface area contributed by atoms with Crippen LogP contribution in [0.3, 0.4) is 0 Å². The van der Waals surface area contributed by atoms with Gasteiger partial charge in [0.05, 0.1) is 5.56 Å². The zero-order valence-corrected chi connectivity index (χ0v) is 21.3. The van der Waals surface area contributed by atoms with Crippen LogP contribution in [0, 0.1) is 0 Å². The minimum atomic E-state index is -0.931. The SMILES string of the molecule is CN(C)C1CCN(C(=O)c2ccc(N)cc2)C1.CN(C)C1CCNC1.Nc1ccc(C(=O)O)cc1. The fourth-order valence-electron chi connectivity index (χ4n) is 3.86. The smallest absolute Gasteiger partial charge is 0.335 e. The molecule has 2 aromatic rings. The Morgan fingerprint density at radius 2 is 1.37 bits per heavy atom. The Morgan fingerprint density at radius 1 is 0.857 bits per heavy atom. The van der Waals surface area contributed by atoms with Crippen molar-refractivity contribution in [2.75, 3.05) is 65.8 Å². The van der Waals surface area contributed by atoms with E-state index in [4.69, 9.17) is 16.6 Å². The molecule has 0 radical (unpaired) electrons. The van der Waals surface area contributed by atoms with E-state index in [0.717, 1.165) is 31.1 Å². The van der Waals surface area contributed by atoms with Crippen LogP contribution >= 0.6 is 0 Å². The van der Waals surface area contributed by atoms with Gasteiger partial charge >= 0.3 is 5.97 Å². The first-order chi connectivity index (χ1) is 16.6. The molecule has 4 rings (SSSR count). The van der Waals surface area contributed by atoms with Gasteiger partial charge in [-0.05, 0) is 96.1 Å². The zero-order valence-electron chi connectivity index (χ0n) is 21.3. The molecule has 0 aromatic heterocycles. The molecule has 192 valence electrons. The van der Waals surface area contributed by atoms with Crippen molar-refractivity contribution < 1.29 is 14.7 Å². The van der Waals surface area contributed by atoms with Crippen molar-refractivity contribution in [2.45, 2.75) is 24.9 Å². The van der Waals surface area contributed by atoms with Crippen LogP contribution in [0.5, 0.6) is 0 Å². The molecule has 35 heavy (non-hydrogen) atoms. The first-order valence-corrected chi connectivity index (χ1v) is 11.9. The highest BCUT2D eigenvalue weighted by Gasteiger charge is 2.27. The Hall–Kier alpha value is -3.14. The summed E-state index contributed by atoms with van der Waals surface area (Å²) in [5, 5.41) is 11.7. The van der Waals surface area contributed by atoms with Crippen LogP contribution in [0.4, 0.5) is 11.4 Å². The van der Waals surface area contributed by atoms with Crippen LogP contribution < -0.4 is 16.8 Å². The summed E-state index contributed by atoms with van der Waals surface area (Å²) in [4.78, 5) is 28.8. The van der Waals surface area contributed by atoms with E-state index in [9.17, 15) is 9.59 Å². The third kappa shape index (κ3) is 9.20. The maximum atomic E-state index is 12.2. The molecule has 2 aliphatic heterocycles. The first kappa shape index (κ1) is 28.1. The monoisotopic (exact) mass is 484 g/mol. The number of anilines is 2. The number of hydrogen-bond acceptors (Lipinski definition) is 7. The largest absolute Gasteiger partial charge is 0.478 e. The molecule has 0 saturated carbocycles. The van der Waals surface area contributed by atoms with Crippen molar-refractivity contribution >= 4 is 23.3 Å². The number of carboxylic acid groups (broad SMARTS) is 1. The van der Waals surface area contributed by atoms with Gasteiger partial charge in [0.2, 0.25) is 0 Å². The quantitative estimate of drug-likeness (QED) is 0.485. The van der Waals surface area contributed by atoms with Crippen molar-refractivity contribution in [3.8, 4) is 0 Å². The summed E-state index contributed by atoms with van der Waals surface area (Å²) in [5.74, 6) is -0.825. The standard InChI is InChI=1S/C13H19N3O.C7H7NO2.C6H14N2/c1-15(2)12-7-8-16(9-12)13(17)10-3-5-11(14)6-4-10;8-6-3-1-5(2-4-6)7(9)10;1-8(2)6-3-4-7-5-6/h3-6,12H,7-9,14H2,1-2H3;1-4H,8H2,(H,9,10);6-7H,3-5H2,1-2H3. The third-order valence-corrected chi connectivity index (χ3v) is 6.26. The van der Waals surface area contributed by atoms with Crippen LogP contribution in [-0.4, -0.2) is 98.1 Å². The number of carboxylic acids is 1. The first-order valence-electron chi connectivity index (χ1n) is 11.9. The van der Waals surface area contributed by atoms with Crippen molar-refractivity contribution in [1.82, 2.24) is 20.0 Å².